The molecule has 0 radical (unpaired) electrons. The van der Waals surface area contributed by atoms with Crippen LogP contribution in [0.1, 0.15) is 31.4 Å². The van der Waals surface area contributed by atoms with Gasteiger partial charge in [0.25, 0.3) is 5.91 Å². The molecule has 1 aliphatic rings. The molecule has 1 unspecified atom stereocenters. The number of hydrogen-bond donors (Lipinski definition) is 1. The number of benzene rings is 3. The van der Waals surface area contributed by atoms with Crippen molar-refractivity contribution in [2.45, 2.75) is 38.9 Å². The molecule has 2 amide bonds. The van der Waals surface area contributed by atoms with Gasteiger partial charge in [-0.25, -0.2) is 0 Å². The van der Waals surface area contributed by atoms with Crippen LogP contribution in [-0.2, 0) is 22.2 Å². The van der Waals surface area contributed by atoms with Gasteiger partial charge in [0.15, 0.2) is 16.6 Å². The Balaban J connectivity index is 1.60. The van der Waals surface area contributed by atoms with Crippen LogP contribution >= 0.6 is 23.8 Å². The van der Waals surface area contributed by atoms with E-state index in [4.69, 9.17) is 33.3 Å². The van der Waals surface area contributed by atoms with Crippen LogP contribution in [0.5, 0.6) is 11.5 Å². The molecule has 42 heavy (non-hydrogen) atoms. The second kappa shape index (κ2) is 13.4. The molecule has 0 saturated carbocycles. The van der Waals surface area contributed by atoms with Gasteiger partial charge in [-0.05, 0) is 92.6 Å². The minimum atomic E-state index is -4.61. The number of alkyl halides is 3. The van der Waals surface area contributed by atoms with Crippen molar-refractivity contribution in [1.82, 2.24) is 4.90 Å². The molecule has 1 N–H and O–H groups in total. The fraction of sp³-hybridized carbons (Fsp3) is 0.300. The van der Waals surface area contributed by atoms with Crippen LogP contribution < -0.4 is 19.7 Å². The minimum Gasteiger partial charge on any atom is -0.490 e. The van der Waals surface area contributed by atoms with E-state index in [1.54, 1.807) is 35.2 Å². The number of nitrogens with one attached hydrogen (secondary N) is 1. The molecule has 4 rings (SSSR count). The summed E-state index contributed by atoms with van der Waals surface area (Å²) >= 11 is 11.5. The Labute approximate surface area is 252 Å². The number of ether oxygens (including phenoxy) is 2. The third-order valence-electron chi connectivity index (χ3n) is 6.51. The standard InChI is InChI=1S/C30H29ClF3N3O4S/c1-3-40-25-13-8-19(16-26(25)41-4-2)14-15-36-24(18-27(38)35-22-11-9-21(31)10-12-22)28(39)37(29(36)42)23-7-5-6-20(17-23)30(32,33)34/h5-13,16-17,24H,3-4,14-15,18H2,1-2H3,(H,35,38). The zero-order valence-electron chi connectivity index (χ0n) is 22.9. The molecule has 3 aromatic carbocycles. The van der Waals surface area contributed by atoms with E-state index in [9.17, 15) is 22.8 Å². The first-order chi connectivity index (χ1) is 20.0. The molecule has 1 fully saturated rings. The number of carbonyl (C=O) groups is 2. The molecule has 12 heteroatoms. The highest BCUT2D eigenvalue weighted by atomic mass is 35.5. The molecule has 222 valence electrons. The molecule has 1 saturated heterocycles. The molecule has 7 nitrogen and oxygen atoms in total. The number of anilines is 2. The van der Waals surface area contributed by atoms with Crippen LogP contribution in [0, 0.1) is 0 Å². The van der Waals surface area contributed by atoms with E-state index in [2.05, 4.69) is 5.32 Å². The largest absolute Gasteiger partial charge is 0.490 e. The maximum absolute atomic E-state index is 13.7. The van der Waals surface area contributed by atoms with Gasteiger partial charge >= 0.3 is 6.18 Å². The Hall–Kier alpha value is -3.83. The van der Waals surface area contributed by atoms with Crippen molar-refractivity contribution in [3.63, 3.8) is 0 Å². The van der Waals surface area contributed by atoms with Crippen molar-refractivity contribution in [3.05, 3.63) is 82.9 Å². The molecule has 3 aromatic rings. The lowest BCUT2D eigenvalue weighted by Crippen LogP contribution is -2.39. The maximum Gasteiger partial charge on any atom is 0.416 e. The predicted octanol–water partition coefficient (Wildman–Crippen LogP) is 6.73. The zero-order valence-corrected chi connectivity index (χ0v) is 24.5. The van der Waals surface area contributed by atoms with Gasteiger partial charge in [-0.3, -0.25) is 14.5 Å². The monoisotopic (exact) mass is 619 g/mol. The number of hydrogen-bond acceptors (Lipinski definition) is 5. The van der Waals surface area contributed by atoms with Crippen molar-refractivity contribution in [2.75, 3.05) is 30.0 Å². The molecular weight excluding hydrogens is 591 g/mol. The topological polar surface area (TPSA) is 71.1 Å². The van der Waals surface area contributed by atoms with E-state index in [0.29, 0.717) is 41.8 Å². The summed E-state index contributed by atoms with van der Waals surface area (Å²) in [6, 6.07) is 15.3. The average Bonchev–Trinajstić information content (AvgIpc) is 3.17. The molecule has 1 aliphatic heterocycles. The predicted molar refractivity (Wildman–Crippen MR) is 159 cm³/mol. The molecule has 0 bridgehead atoms. The van der Waals surface area contributed by atoms with E-state index >= 15 is 0 Å². The van der Waals surface area contributed by atoms with Crippen LogP contribution in [0.2, 0.25) is 5.02 Å². The fourth-order valence-electron chi connectivity index (χ4n) is 4.57. The Kier molecular flexibility index (Phi) is 9.95. The van der Waals surface area contributed by atoms with Crippen LogP contribution in [0.4, 0.5) is 24.5 Å². The Bertz CT molecular complexity index is 1450. The first kappa shape index (κ1) is 31.1. The summed E-state index contributed by atoms with van der Waals surface area (Å²) in [7, 11) is 0. The van der Waals surface area contributed by atoms with Crippen molar-refractivity contribution in [3.8, 4) is 11.5 Å². The number of halogens is 4. The summed E-state index contributed by atoms with van der Waals surface area (Å²) in [5, 5.41) is 3.24. The molecule has 1 atom stereocenters. The SMILES string of the molecule is CCOc1ccc(CCN2C(=S)N(c3cccc(C(F)(F)F)c3)C(=O)C2CC(=O)Nc2ccc(Cl)cc2)cc1OCC. The molecule has 0 aromatic heterocycles. The first-order valence-corrected chi connectivity index (χ1v) is 14.1. The van der Waals surface area contributed by atoms with Gasteiger partial charge in [-0.1, -0.05) is 23.7 Å². The number of rotatable bonds is 11. The van der Waals surface area contributed by atoms with E-state index in [0.717, 1.165) is 22.6 Å². The summed E-state index contributed by atoms with van der Waals surface area (Å²) in [5.74, 6) is 0.116. The number of carbonyl (C=O) groups excluding carboxylic acids is 2. The average molecular weight is 620 g/mol. The summed E-state index contributed by atoms with van der Waals surface area (Å²) in [6.07, 6.45) is -4.47. The third kappa shape index (κ3) is 7.32. The van der Waals surface area contributed by atoms with E-state index < -0.39 is 29.6 Å². The van der Waals surface area contributed by atoms with Gasteiger partial charge in [0.1, 0.15) is 6.04 Å². The lowest BCUT2D eigenvalue weighted by Gasteiger charge is -2.24. The second-order valence-corrected chi connectivity index (χ2v) is 10.2. The highest BCUT2D eigenvalue weighted by Gasteiger charge is 2.44. The Morgan fingerprint density at radius 1 is 1.00 bits per heavy atom. The number of nitrogens with zero attached hydrogens (tertiary/aromatic N) is 2. The molecule has 0 spiro atoms. The highest BCUT2D eigenvalue weighted by molar-refractivity contribution is 7.80. The van der Waals surface area contributed by atoms with E-state index in [-0.39, 0.29) is 23.8 Å². The highest BCUT2D eigenvalue weighted by Crippen LogP contribution is 2.35. The first-order valence-electron chi connectivity index (χ1n) is 13.3. The summed E-state index contributed by atoms with van der Waals surface area (Å²) in [6.45, 7) is 4.85. The van der Waals surface area contributed by atoms with Gasteiger partial charge in [-0.2, -0.15) is 13.2 Å². The van der Waals surface area contributed by atoms with Gasteiger partial charge in [0.05, 0.1) is 30.9 Å². The second-order valence-electron chi connectivity index (χ2n) is 9.37. The van der Waals surface area contributed by atoms with Gasteiger partial charge in [0, 0.05) is 17.3 Å². The van der Waals surface area contributed by atoms with Crippen molar-refractivity contribution < 1.29 is 32.2 Å². The Morgan fingerprint density at radius 2 is 1.69 bits per heavy atom. The normalized spacial score (nSPS) is 15.2. The van der Waals surface area contributed by atoms with Gasteiger partial charge in [-0.15, -0.1) is 0 Å². The Morgan fingerprint density at radius 3 is 2.36 bits per heavy atom. The maximum atomic E-state index is 13.7. The summed E-state index contributed by atoms with van der Waals surface area (Å²) in [4.78, 5) is 29.3. The van der Waals surface area contributed by atoms with Crippen LogP contribution in [0.15, 0.2) is 66.7 Å². The summed E-state index contributed by atoms with van der Waals surface area (Å²) in [5.41, 5.74) is 0.407. The van der Waals surface area contributed by atoms with Crippen molar-refractivity contribution >= 4 is 52.1 Å². The van der Waals surface area contributed by atoms with Crippen LogP contribution in [0.25, 0.3) is 0 Å². The van der Waals surface area contributed by atoms with Crippen molar-refractivity contribution in [2.24, 2.45) is 0 Å². The number of thiocarbonyl (C=S) groups is 1. The third-order valence-corrected chi connectivity index (χ3v) is 7.18. The van der Waals surface area contributed by atoms with Crippen molar-refractivity contribution in [1.29, 1.82) is 0 Å². The lowest BCUT2D eigenvalue weighted by atomic mass is 10.1. The fourth-order valence-corrected chi connectivity index (χ4v) is 5.11. The number of amides is 2. The summed E-state index contributed by atoms with van der Waals surface area (Å²) < 4.78 is 51.7. The minimum absolute atomic E-state index is 0.0135. The van der Waals surface area contributed by atoms with E-state index in [1.165, 1.54) is 12.1 Å². The molecular formula is C30H29ClF3N3O4S. The smallest absolute Gasteiger partial charge is 0.416 e. The van der Waals surface area contributed by atoms with Gasteiger partial charge < -0.3 is 19.7 Å². The quantitative estimate of drug-likeness (QED) is 0.240. The van der Waals surface area contributed by atoms with Crippen LogP contribution in [-0.4, -0.2) is 47.6 Å². The van der Waals surface area contributed by atoms with E-state index in [1.807, 2.05) is 26.0 Å². The van der Waals surface area contributed by atoms with Crippen LogP contribution in [0.3, 0.4) is 0 Å². The molecule has 0 aliphatic carbocycles. The van der Waals surface area contributed by atoms with Gasteiger partial charge in [0.2, 0.25) is 5.91 Å². The lowest BCUT2D eigenvalue weighted by molar-refractivity contribution is -0.137. The molecule has 1 heterocycles. The zero-order chi connectivity index (χ0) is 30.4.